The molecule has 0 unspecified atom stereocenters. The van der Waals surface area contributed by atoms with E-state index in [4.69, 9.17) is 22.1 Å². The summed E-state index contributed by atoms with van der Waals surface area (Å²) in [5.74, 6) is 0.737. The van der Waals surface area contributed by atoms with E-state index in [0.29, 0.717) is 5.02 Å². The molecule has 1 rings (SSSR count). The van der Waals surface area contributed by atoms with Gasteiger partial charge in [0.1, 0.15) is 5.75 Å². The number of benzene rings is 1. The Morgan fingerprint density at radius 3 is 2.38 bits per heavy atom. The molecule has 0 saturated carbocycles. The van der Waals surface area contributed by atoms with Crippen molar-refractivity contribution in [1.29, 1.82) is 0 Å². The molecule has 13 heavy (non-hydrogen) atoms. The molecule has 1 aromatic carbocycles. The summed E-state index contributed by atoms with van der Waals surface area (Å²) in [4.78, 5) is 0. The highest BCUT2D eigenvalue weighted by atomic mass is 35.5. The minimum Gasteiger partial charge on any atom is -0.497 e. The molecular formula is C10H14ClNO. The van der Waals surface area contributed by atoms with E-state index in [-0.39, 0.29) is 0 Å². The van der Waals surface area contributed by atoms with Crippen molar-refractivity contribution >= 4 is 11.6 Å². The second kappa shape index (κ2) is 3.56. The van der Waals surface area contributed by atoms with Gasteiger partial charge in [-0.1, -0.05) is 11.6 Å². The zero-order chi connectivity index (χ0) is 10.1. The molecule has 0 spiro atoms. The molecule has 0 fully saturated rings. The number of rotatable bonds is 2. The molecule has 2 N–H and O–H groups in total. The molecular weight excluding hydrogens is 186 g/mol. The van der Waals surface area contributed by atoms with Gasteiger partial charge in [-0.3, -0.25) is 0 Å². The van der Waals surface area contributed by atoms with Crippen LogP contribution in [-0.4, -0.2) is 7.11 Å². The maximum Gasteiger partial charge on any atom is 0.120 e. The predicted octanol–water partition coefficient (Wildman–Crippen LogP) is 2.54. The number of nitrogens with two attached hydrogens (primary N) is 1. The van der Waals surface area contributed by atoms with Crippen molar-refractivity contribution in [2.24, 2.45) is 5.73 Å². The maximum atomic E-state index is 5.94. The van der Waals surface area contributed by atoms with Crippen LogP contribution < -0.4 is 10.5 Å². The highest BCUT2D eigenvalue weighted by molar-refractivity contribution is 6.30. The maximum absolute atomic E-state index is 5.94. The van der Waals surface area contributed by atoms with E-state index in [9.17, 15) is 0 Å². The van der Waals surface area contributed by atoms with Gasteiger partial charge in [0.05, 0.1) is 7.11 Å². The van der Waals surface area contributed by atoms with Crippen molar-refractivity contribution in [1.82, 2.24) is 0 Å². The molecule has 0 bridgehead atoms. The van der Waals surface area contributed by atoms with Gasteiger partial charge in [0, 0.05) is 10.6 Å². The highest BCUT2D eigenvalue weighted by Gasteiger charge is 2.15. The van der Waals surface area contributed by atoms with Crippen molar-refractivity contribution in [2.45, 2.75) is 19.4 Å². The van der Waals surface area contributed by atoms with Gasteiger partial charge in [-0.25, -0.2) is 0 Å². The average Bonchev–Trinajstić information content (AvgIpc) is 2.01. The Kier molecular flexibility index (Phi) is 2.84. The Labute approximate surface area is 83.6 Å². The largest absolute Gasteiger partial charge is 0.497 e. The van der Waals surface area contributed by atoms with Crippen molar-refractivity contribution in [3.63, 3.8) is 0 Å². The molecule has 0 aromatic heterocycles. The van der Waals surface area contributed by atoms with Crippen LogP contribution in [0.2, 0.25) is 5.02 Å². The zero-order valence-corrected chi connectivity index (χ0v) is 8.85. The number of methoxy groups -OCH3 is 1. The molecule has 0 heterocycles. The summed E-state index contributed by atoms with van der Waals surface area (Å²) < 4.78 is 5.09. The molecule has 0 radical (unpaired) electrons. The van der Waals surface area contributed by atoms with E-state index in [1.165, 1.54) is 0 Å². The lowest BCUT2D eigenvalue weighted by molar-refractivity contribution is 0.412. The van der Waals surface area contributed by atoms with Gasteiger partial charge in [0.2, 0.25) is 0 Å². The van der Waals surface area contributed by atoms with Crippen molar-refractivity contribution < 1.29 is 4.74 Å². The monoisotopic (exact) mass is 199 g/mol. The van der Waals surface area contributed by atoms with E-state index < -0.39 is 5.54 Å². The normalized spacial score (nSPS) is 11.5. The van der Waals surface area contributed by atoms with Gasteiger partial charge in [0.25, 0.3) is 0 Å². The first kappa shape index (κ1) is 10.4. The van der Waals surface area contributed by atoms with Gasteiger partial charge in [0.15, 0.2) is 0 Å². The molecule has 0 aliphatic heterocycles. The molecule has 0 atom stereocenters. The summed E-state index contributed by atoms with van der Waals surface area (Å²) in [5.41, 5.74) is 6.51. The van der Waals surface area contributed by atoms with Crippen LogP contribution in [0.5, 0.6) is 5.75 Å². The third-order valence-electron chi connectivity index (χ3n) is 1.85. The van der Waals surface area contributed by atoms with Crippen LogP contribution in [0.25, 0.3) is 0 Å². The van der Waals surface area contributed by atoms with Gasteiger partial charge >= 0.3 is 0 Å². The standard InChI is InChI=1S/C10H14ClNO/c1-10(2,12)7-4-8(11)6-9(5-7)13-3/h4-6H,12H2,1-3H3. The van der Waals surface area contributed by atoms with Crippen molar-refractivity contribution in [3.05, 3.63) is 28.8 Å². The summed E-state index contributed by atoms with van der Waals surface area (Å²) >= 11 is 5.90. The lowest BCUT2D eigenvalue weighted by Gasteiger charge is -2.20. The molecule has 0 aliphatic carbocycles. The smallest absolute Gasteiger partial charge is 0.120 e. The van der Waals surface area contributed by atoms with Gasteiger partial charge < -0.3 is 10.5 Å². The molecule has 1 aromatic rings. The summed E-state index contributed by atoms with van der Waals surface area (Å²) in [6, 6.07) is 5.51. The summed E-state index contributed by atoms with van der Waals surface area (Å²) in [7, 11) is 1.61. The third kappa shape index (κ3) is 2.61. The van der Waals surface area contributed by atoms with E-state index in [0.717, 1.165) is 11.3 Å². The summed E-state index contributed by atoms with van der Waals surface area (Å²) in [6.45, 7) is 3.86. The van der Waals surface area contributed by atoms with Crippen LogP contribution in [-0.2, 0) is 5.54 Å². The first-order chi connectivity index (χ1) is 5.93. The summed E-state index contributed by atoms with van der Waals surface area (Å²) in [6.07, 6.45) is 0. The Morgan fingerprint density at radius 1 is 1.31 bits per heavy atom. The molecule has 3 heteroatoms. The van der Waals surface area contributed by atoms with Gasteiger partial charge in [-0.05, 0) is 37.6 Å². The number of hydrogen-bond donors (Lipinski definition) is 1. The lowest BCUT2D eigenvalue weighted by atomic mass is 9.96. The first-order valence-corrected chi connectivity index (χ1v) is 4.45. The summed E-state index contributed by atoms with van der Waals surface area (Å²) in [5, 5.41) is 0.646. The van der Waals surface area contributed by atoms with Crippen LogP contribution in [0.1, 0.15) is 19.4 Å². The van der Waals surface area contributed by atoms with E-state index in [2.05, 4.69) is 0 Å². The van der Waals surface area contributed by atoms with Crippen molar-refractivity contribution in [2.75, 3.05) is 7.11 Å². The fourth-order valence-electron chi connectivity index (χ4n) is 1.05. The second-order valence-corrected chi connectivity index (χ2v) is 4.04. The van der Waals surface area contributed by atoms with E-state index in [1.807, 2.05) is 26.0 Å². The van der Waals surface area contributed by atoms with E-state index in [1.54, 1.807) is 13.2 Å². The SMILES string of the molecule is COc1cc(Cl)cc(C(C)(C)N)c1. The first-order valence-electron chi connectivity index (χ1n) is 4.07. The fraction of sp³-hybridized carbons (Fsp3) is 0.400. The minimum atomic E-state index is -0.391. The van der Waals surface area contributed by atoms with Gasteiger partial charge in [-0.15, -0.1) is 0 Å². The van der Waals surface area contributed by atoms with Crippen LogP contribution in [0, 0.1) is 0 Å². The van der Waals surface area contributed by atoms with Crippen LogP contribution >= 0.6 is 11.6 Å². The molecule has 72 valence electrons. The Hall–Kier alpha value is -0.730. The zero-order valence-electron chi connectivity index (χ0n) is 8.10. The van der Waals surface area contributed by atoms with Gasteiger partial charge in [-0.2, -0.15) is 0 Å². The third-order valence-corrected chi connectivity index (χ3v) is 2.07. The minimum absolute atomic E-state index is 0.391. The topological polar surface area (TPSA) is 35.2 Å². The van der Waals surface area contributed by atoms with Crippen LogP contribution in [0.4, 0.5) is 0 Å². The lowest BCUT2D eigenvalue weighted by Crippen LogP contribution is -2.28. The molecule has 0 amide bonds. The Morgan fingerprint density at radius 2 is 1.92 bits per heavy atom. The number of halogens is 1. The molecule has 0 aliphatic rings. The van der Waals surface area contributed by atoms with Crippen molar-refractivity contribution in [3.8, 4) is 5.75 Å². The molecule has 2 nitrogen and oxygen atoms in total. The average molecular weight is 200 g/mol. The number of ether oxygens (including phenoxy) is 1. The number of hydrogen-bond acceptors (Lipinski definition) is 2. The quantitative estimate of drug-likeness (QED) is 0.795. The highest BCUT2D eigenvalue weighted by Crippen LogP contribution is 2.26. The Balaban J connectivity index is 3.16. The van der Waals surface area contributed by atoms with Crippen LogP contribution in [0.15, 0.2) is 18.2 Å². The Bertz CT molecular complexity index is 304. The molecule has 0 saturated heterocycles. The predicted molar refractivity (Wildman–Crippen MR) is 55.2 cm³/mol. The van der Waals surface area contributed by atoms with E-state index >= 15 is 0 Å². The van der Waals surface area contributed by atoms with Crippen LogP contribution in [0.3, 0.4) is 0 Å². The second-order valence-electron chi connectivity index (χ2n) is 3.60. The fourth-order valence-corrected chi connectivity index (χ4v) is 1.28.